The van der Waals surface area contributed by atoms with Crippen molar-refractivity contribution in [2.24, 2.45) is 0 Å². The van der Waals surface area contributed by atoms with Crippen molar-refractivity contribution in [3.8, 4) is 0 Å². The molecule has 1 atom stereocenters. The molecule has 0 aliphatic heterocycles. The smallest absolute Gasteiger partial charge is 0.0763 e. The lowest BCUT2D eigenvalue weighted by Crippen LogP contribution is -1.91. The van der Waals surface area contributed by atoms with Crippen LogP contribution in [0.4, 0.5) is 0 Å². The Labute approximate surface area is 112 Å². The van der Waals surface area contributed by atoms with E-state index < -0.39 is 0 Å². The molecule has 0 aromatic heterocycles. The summed E-state index contributed by atoms with van der Waals surface area (Å²) in [6, 6.07) is 9.87. The summed E-state index contributed by atoms with van der Waals surface area (Å²) in [5.74, 6) is 1.47. The molecule has 2 N–H and O–H groups in total. The fraction of sp³-hybridized carbons (Fsp3) is 0.385. The van der Waals surface area contributed by atoms with Gasteiger partial charge in [0.25, 0.3) is 0 Å². The van der Waals surface area contributed by atoms with Gasteiger partial charge in [-0.05, 0) is 5.56 Å². The number of hydrogen-bond acceptors (Lipinski definition) is 3. The zero-order valence-electron chi connectivity index (χ0n) is 9.76. The molecule has 1 rings (SSSR count). The molecular formula is C13H19ClO2S. The molecule has 2 nitrogen and oxygen atoms in total. The zero-order chi connectivity index (χ0) is 12.9. The highest BCUT2D eigenvalue weighted by Crippen LogP contribution is 2.19. The molecule has 0 saturated heterocycles. The lowest BCUT2D eigenvalue weighted by atomic mass is 10.1. The van der Waals surface area contributed by atoms with E-state index in [-0.39, 0.29) is 18.6 Å². The van der Waals surface area contributed by atoms with Gasteiger partial charge in [0.2, 0.25) is 0 Å². The maximum absolute atomic E-state index is 8.19. The van der Waals surface area contributed by atoms with Crippen LogP contribution in [0, 0.1) is 0 Å². The normalized spacial score (nSPS) is 11.2. The molecule has 1 aromatic carbocycles. The Morgan fingerprint density at radius 3 is 2.12 bits per heavy atom. The van der Waals surface area contributed by atoms with Crippen molar-refractivity contribution in [2.45, 2.75) is 5.38 Å². The van der Waals surface area contributed by atoms with Crippen LogP contribution >= 0.6 is 23.4 Å². The average Bonchev–Trinajstić information content (AvgIpc) is 2.40. The fourth-order valence-electron chi connectivity index (χ4n) is 1.00. The number of allylic oxidation sites excluding steroid dienone is 1. The van der Waals surface area contributed by atoms with Gasteiger partial charge in [-0.15, -0.1) is 18.2 Å². The molecule has 1 unspecified atom stereocenters. The van der Waals surface area contributed by atoms with Crippen LogP contribution in [0.3, 0.4) is 0 Å². The van der Waals surface area contributed by atoms with Gasteiger partial charge in [0.05, 0.1) is 18.6 Å². The Morgan fingerprint density at radius 1 is 1.18 bits per heavy atom. The number of aliphatic hydroxyl groups is 2. The Balaban J connectivity index is 0.000000325. The molecule has 0 bridgehead atoms. The zero-order valence-corrected chi connectivity index (χ0v) is 11.3. The predicted molar refractivity (Wildman–Crippen MR) is 76.7 cm³/mol. The van der Waals surface area contributed by atoms with Crippen LogP contribution < -0.4 is 0 Å². The van der Waals surface area contributed by atoms with Gasteiger partial charge in [-0.25, -0.2) is 0 Å². The summed E-state index contributed by atoms with van der Waals surface area (Å²) in [6.07, 6.45) is 1.72. The van der Waals surface area contributed by atoms with E-state index in [1.165, 1.54) is 0 Å². The van der Waals surface area contributed by atoms with E-state index in [0.717, 1.165) is 17.1 Å². The fourth-order valence-corrected chi connectivity index (χ4v) is 1.61. The average molecular weight is 275 g/mol. The third-order valence-electron chi connectivity index (χ3n) is 1.80. The van der Waals surface area contributed by atoms with Crippen molar-refractivity contribution in [1.29, 1.82) is 0 Å². The molecular weight excluding hydrogens is 256 g/mol. The third-order valence-corrected chi connectivity index (χ3v) is 3.17. The number of halogens is 1. The largest absolute Gasteiger partial charge is 0.396 e. The van der Waals surface area contributed by atoms with E-state index >= 15 is 0 Å². The van der Waals surface area contributed by atoms with Crippen LogP contribution in [-0.4, -0.2) is 34.9 Å². The maximum atomic E-state index is 8.19. The van der Waals surface area contributed by atoms with Crippen LogP contribution in [0.2, 0.25) is 0 Å². The van der Waals surface area contributed by atoms with Gasteiger partial charge in [-0.2, -0.15) is 11.8 Å². The second kappa shape index (κ2) is 12.0. The van der Waals surface area contributed by atoms with Gasteiger partial charge >= 0.3 is 0 Å². The van der Waals surface area contributed by atoms with Gasteiger partial charge < -0.3 is 10.2 Å². The van der Waals surface area contributed by atoms with Crippen LogP contribution in [0.15, 0.2) is 43.0 Å². The Morgan fingerprint density at radius 2 is 1.71 bits per heavy atom. The standard InChI is InChI=1S/C9H9Cl.C4H10O2S/c1-2-9(10)8-6-4-3-5-7-8;5-1-3-7-4-2-6/h2-7,9H,1H2;5-6H,1-4H2. The highest BCUT2D eigenvalue weighted by molar-refractivity contribution is 7.99. The van der Waals surface area contributed by atoms with Crippen LogP contribution in [0.25, 0.3) is 0 Å². The number of hydrogen-bond donors (Lipinski definition) is 2. The lowest BCUT2D eigenvalue weighted by Gasteiger charge is -2.01. The second-order valence-corrected chi connectivity index (χ2v) is 4.80. The number of alkyl halides is 1. The highest BCUT2D eigenvalue weighted by atomic mass is 35.5. The van der Waals surface area contributed by atoms with Crippen molar-refractivity contribution in [1.82, 2.24) is 0 Å². The number of aliphatic hydroxyl groups excluding tert-OH is 2. The Kier molecular flexibility index (Phi) is 11.7. The number of benzene rings is 1. The molecule has 0 heterocycles. The summed E-state index contributed by atoms with van der Waals surface area (Å²) in [5, 5.41) is 16.3. The van der Waals surface area contributed by atoms with E-state index in [0.29, 0.717) is 0 Å². The van der Waals surface area contributed by atoms with Crippen molar-refractivity contribution < 1.29 is 10.2 Å². The molecule has 0 fully saturated rings. The molecule has 0 saturated carbocycles. The van der Waals surface area contributed by atoms with E-state index in [9.17, 15) is 0 Å². The monoisotopic (exact) mass is 274 g/mol. The van der Waals surface area contributed by atoms with Crippen molar-refractivity contribution >= 4 is 23.4 Å². The second-order valence-electron chi connectivity index (χ2n) is 3.11. The van der Waals surface area contributed by atoms with Crippen LogP contribution in [0.5, 0.6) is 0 Å². The molecule has 17 heavy (non-hydrogen) atoms. The summed E-state index contributed by atoms with van der Waals surface area (Å²) in [6.45, 7) is 4.03. The minimum absolute atomic E-state index is 0.0544. The first-order valence-corrected chi connectivity index (χ1v) is 6.96. The predicted octanol–water partition coefficient (Wildman–Crippen LogP) is 2.86. The molecule has 0 radical (unpaired) electrons. The Bertz CT molecular complexity index is 276. The molecule has 0 spiro atoms. The van der Waals surface area contributed by atoms with E-state index in [1.807, 2.05) is 30.3 Å². The first kappa shape index (κ1) is 16.5. The van der Waals surface area contributed by atoms with Crippen molar-refractivity contribution in [3.63, 3.8) is 0 Å². The molecule has 0 amide bonds. The molecule has 1 aromatic rings. The van der Waals surface area contributed by atoms with E-state index in [2.05, 4.69) is 6.58 Å². The number of rotatable bonds is 6. The number of thioether (sulfide) groups is 1. The van der Waals surface area contributed by atoms with Crippen molar-refractivity contribution in [3.05, 3.63) is 48.6 Å². The maximum Gasteiger partial charge on any atom is 0.0763 e. The molecule has 4 heteroatoms. The summed E-state index contributed by atoms with van der Waals surface area (Å²) < 4.78 is 0. The van der Waals surface area contributed by atoms with Gasteiger partial charge in [0.1, 0.15) is 0 Å². The Hall–Kier alpha value is -0.480. The van der Waals surface area contributed by atoms with E-state index in [4.69, 9.17) is 21.8 Å². The SMILES string of the molecule is C=CC(Cl)c1ccccc1.OCCSCCO. The van der Waals surface area contributed by atoms with Crippen LogP contribution in [-0.2, 0) is 0 Å². The van der Waals surface area contributed by atoms with Gasteiger partial charge in [-0.3, -0.25) is 0 Å². The van der Waals surface area contributed by atoms with Gasteiger partial charge in [-0.1, -0.05) is 36.4 Å². The minimum atomic E-state index is -0.0544. The third kappa shape index (κ3) is 9.24. The van der Waals surface area contributed by atoms with Crippen LogP contribution in [0.1, 0.15) is 10.9 Å². The van der Waals surface area contributed by atoms with E-state index in [1.54, 1.807) is 17.8 Å². The molecule has 0 aliphatic carbocycles. The topological polar surface area (TPSA) is 40.5 Å². The first-order chi connectivity index (χ1) is 8.26. The lowest BCUT2D eigenvalue weighted by molar-refractivity contribution is 0.318. The minimum Gasteiger partial charge on any atom is -0.396 e. The quantitative estimate of drug-likeness (QED) is 0.476. The summed E-state index contributed by atoms with van der Waals surface area (Å²) in [4.78, 5) is 0. The first-order valence-electron chi connectivity index (χ1n) is 5.37. The van der Waals surface area contributed by atoms with Gasteiger partial charge in [0.15, 0.2) is 0 Å². The van der Waals surface area contributed by atoms with Crippen molar-refractivity contribution in [2.75, 3.05) is 24.7 Å². The summed E-state index contributed by atoms with van der Waals surface area (Å²) in [7, 11) is 0. The summed E-state index contributed by atoms with van der Waals surface area (Å²) >= 11 is 7.43. The highest BCUT2D eigenvalue weighted by Gasteiger charge is 1.98. The molecule has 0 aliphatic rings. The molecule has 96 valence electrons. The van der Waals surface area contributed by atoms with Gasteiger partial charge in [0, 0.05) is 11.5 Å². The summed E-state index contributed by atoms with van der Waals surface area (Å²) in [5.41, 5.74) is 1.10.